The predicted molar refractivity (Wildman–Crippen MR) is 84.3 cm³/mol. The Morgan fingerprint density at radius 3 is 2.75 bits per heavy atom. The van der Waals surface area contributed by atoms with Crippen molar-refractivity contribution in [2.45, 2.75) is 32.6 Å². The number of halogens is 1. The third-order valence-electron chi connectivity index (χ3n) is 2.80. The lowest BCUT2D eigenvalue weighted by Gasteiger charge is -2.09. The van der Waals surface area contributed by atoms with E-state index in [1.54, 1.807) is 7.11 Å². The molecule has 1 aromatic carbocycles. The van der Waals surface area contributed by atoms with Gasteiger partial charge in [-0.2, -0.15) is 0 Å². The zero-order valence-electron chi connectivity index (χ0n) is 12.1. The molecule has 1 rings (SSSR count). The van der Waals surface area contributed by atoms with Crippen molar-refractivity contribution in [3.63, 3.8) is 0 Å². The van der Waals surface area contributed by atoms with E-state index in [-0.39, 0.29) is 5.97 Å². The Hall–Kier alpha value is -1.23. The number of carbonyl (C=O) groups excluding carboxylic acids is 1. The molecule has 0 unspecified atom stereocenters. The SMILES string of the molecule is CCOC(=O)CCCCCNc1cc(Br)cc(OC)c1. The Balaban J connectivity index is 2.18. The number of carbonyl (C=O) groups is 1. The molecule has 112 valence electrons. The summed E-state index contributed by atoms with van der Waals surface area (Å²) in [5.41, 5.74) is 1.03. The van der Waals surface area contributed by atoms with Crippen LogP contribution >= 0.6 is 15.9 Å². The van der Waals surface area contributed by atoms with Crippen LogP contribution in [0.25, 0.3) is 0 Å². The molecule has 0 aliphatic carbocycles. The molecule has 0 bridgehead atoms. The lowest BCUT2D eigenvalue weighted by Crippen LogP contribution is -2.05. The maximum Gasteiger partial charge on any atom is 0.305 e. The van der Waals surface area contributed by atoms with Crippen molar-refractivity contribution in [1.82, 2.24) is 0 Å². The molecule has 0 heterocycles. The molecular formula is C15H22BrNO3. The molecule has 1 N–H and O–H groups in total. The molecule has 0 saturated carbocycles. The molecule has 0 spiro atoms. The number of ether oxygens (including phenoxy) is 2. The van der Waals surface area contributed by atoms with Crippen LogP contribution in [0.2, 0.25) is 0 Å². The molecule has 1 aromatic rings. The number of rotatable bonds is 9. The summed E-state index contributed by atoms with van der Waals surface area (Å²) in [6.07, 6.45) is 3.42. The Labute approximate surface area is 129 Å². The minimum absolute atomic E-state index is 0.0998. The van der Waals surface area contributed by atoms with Gasteiger partial charge in [-0.05, 0) is 31.9 Å². The maximum absolute atomic E-state index is 11.1. The normalized spacial score (nSPS) is 10.2. The average molecular weight is 344 g/mol. The van der Waals surface area contributed by atoms with Crippen molar-refractivity contribution in [2.24, 2.45) is 0 Å². The van der Waals surface area contributed by atoms with Gasteiger partial charge in [0.1, 0.15) is 5.75 Å². The summed E-state index contributed by atoms with van der Waals surface area (Å²) < 4.78 is 11.1. The van der Waals surface area contributed by atoms with Gasteiger partial charge in [0.2, 0.25) is 0 Å². The number of esters is 1. The van der Waals surface area contributed by atoms with Gasteiger partial charge in [-0.1, -0.05) is 22.4 Å². The highest BCUT2D eigenvalue weighted by Crippen LogP contribution is 2.24. The van der Waals surface area contributed by atoms with Gasteiger partial charge in [0.15, 0.2) is 0 Å². The largest absolute Gasteiger partial charge is 0.497 e. The standard InChI is InChI=1S/C15H22BrNO3/c1-3-20-15(18)7-5-4-6-8-17-13-9-12(16)10-14(11-13)19-2/h9-11,17H,3-8H2,1-2H3. The molecule has 0 fully saturated rings. The third-order valence-corrected chi connectivity index (χ3v) is 3.26. The van der Waals surface area contributed by atoms with Crippen LogP contribution < -0.4 is 10.1 Å². The molecule has 0 radical (unpaired) electrons. The lowest BCUT2D eigenvalue weighted by atomic mass is 10.2. The fraction of sp³-hybridized carbons (Fsp3) is 0.533. The number of unbranched alkanes of at least 4 members (excludes halogenated alkanes) is 2. The van der Waals surface area contributed by atoms with E-state index in [0.717, 1.165) is 41.7 Å². The van der Waals surface area contributed by atoms with Crippen molar-refractivity contribution in [2.75, 3.05) is 25.6 Å². The van der Waals surface area contributed by atoms with Crippen LogP contribution in [0.5, 0.6) is 5.75 Å². The number of hydrogen-bond acceptors (Lipinski definition) is 4. The second-order valence-electron chi connectivity index (χ2n) is 4.42. The number of hydrogen-bond donors (Lipinski definition) is 1. The van der Waals surface area contributed by atoms with Gasteiger partial charge in [-0.15, -0.1) is 0 Å². The summed E-state index contributed by atoms with van der Waals surface area (Å²) in [5.74, 6) is 0.723. The molecule has 0 aromatic heterocycles. The van der Waals surface area contributed by atoms with Gasteiger partial charge in [0.05, 0.1) is 13.7 Å². The maximum atomic E-state index is 11.1. The first-order chi connectivity index (χ1) is 9.65. The fourth-order valence-electron chi connectivity index (χ4n) is 1.82. The number of methoxy groups -OCH3 is 1. The highest BCUT2D eigenvalue weighted by Gasteiger charge is 2.01. The Bertz CT molecular complexity index is 424. The highest BCUT2D eigenvalue weighted by atomic mass is 79.9. The molecule has 4 nitrogen and oxygen atoms in total. The molecule has 20 heavy (non-hydrogen) atoms. The van der Waals surface area contributed by atoms with Gasteiger partial charge in [-0.3, -0.25) is 4.79 Å². The van der Waals surface area contributed by atoms with Gasteiger partial charge in [0.25, 0.3) is 0 Å². The van der Waals surface area contributed by atoms with Crippen LogP contribution in [0, 0.1) is 0 Å². The second kappa shape index (κ2) is 9.64. The van der Waals surface area contributed by atoms with E-state index in [1.807, 2.05) is 25.1 Å². The minimum Gasteiger partial charge on any atom is -0.497 e. The molecule has 5 heteroatoms. The fourth-order valence-corrected chi connectivity index (χ4v) is 2.29. The Morgan fingerprint density at radius 1 is 1.25 bits per heavy atom. The van der Waals surface area contributed by atoms with Crippen molar-refractivity contribution < 1.29 is 14.3 Å². The summed E-state index contributed by atoms with van der Waals surface area (Å²) in [6.45, 7) is 3.17. The third kappa shape index (κ3) is 6.80. The first-order valence-electron chi connectivity index (χ1n) is 6.89. The zero-order valence-corrected chi connectivity index (χ0v) is 13.7. The van der Waals surface area contributed by atoms with Crippen LogP contribution in [0.3, 0.4) is 0 Å². The van der Waals surface area contributed by atoms with E-state index in [1.165, 1.54) is 0 Å². The van der Waals surface area contributed by atoms with Gasteiger partial charge < -0.3 is 14.8 Å². The molecule has 0 aliphatic rings. The summed E-state index contributed by atoms with van der Waals surface area (Å²) in [6, 6.07) is 5.90. The van der Waals surface area contributed by atoms with Crippen LogP contribution in [-0.2, 0) is 9.53 Å². The second-order valence-corrected chi connectivity index (χ2v) is 5.34. The predicted octanol–water partition coefficient (Wildman–Crippen LogP) is 3.99. The number of nitrogens with one attached hydrogen (secondary N) is 1. The topological polar surface area (TPSA) is 47.6 Å². The summed E-state index contributed by atoms with van der Waals surface area (Å²) in [7, 11) is 1.65. The summed E-state index contributed by atoms with van der Waals surface area (Å²) in [5, 5.41) is 3.35. The monoisotopic (exact) mass is 343 g/mol. The van der Waals surface area contributed by atoms with Gasteiger partial charge in [0, 0.05) is 29.2 Å². The smallest absolute Gasteiger partial charge is 0.305 e. The van der Waals surface area contributed by atoms with Gasteiger partial charge >= 0.3 is 5.97 Å². The number of benzene rings is 1. The van der Waals surface area contributed by atoms with E-state index >= 15 is 0 Å². The van der Waals surface area contributed by atoms with Crippen LogP contribution in [0.4, 0.5) is 5.69 Å². The van der Waals surface area contributed by atoms with E-state index in [4.69, 9.17) is 9.47 Å². The van der Waals surface area contributed by atoms with Crippen LogP contribution in [-0.4, -0.2) is 26.2 Å². The summed E-state index contributed by atoms with van der Waals surface area (Å²) >= 11 is 3.45. The number of anilines is 1. The van der Waals surface area contributed by atoms with Crippen LogP contribution in [0.1, 0.15) is 32.6 Å². The average Bonchev–Trinajstić information content (AvgIpc) is 2.42. The zero-order chi connectivity index (χ0) is 14.8. The van der Waals surface area contributed by atoms with E-state index in [9.17, 15) is 4.79 Å². The lowest BCUT2D eigenvalue weighted by molar-refractivity contribution is -0.143. The van der Waals surface area contributed by atoms with Crippen molar-refractivity contribution in [3.05, 3.63) is 22.7 Å². The molecular weight excluding hydrogens is 322 g/mol. The first-order valence-corrected chi connectivity index (χ1v) is 7.69. The van der Waals surface area contributed by atoms with E-state index in [0.29, 0.717) is 13.0 Å². The highest BCUT2D eigenvalue weighted by molar-refractivity contribution is 9.10. The van der Waals surface area contributed by atoms with E-state index in [2.05, 4.69) is 21.2 Å². The van der Waals surface area contributed by atoms with Crippen molar-refractivity contribution in [1.29, 1.82) is 0 Å². The molecule has 0 aliphatic heterocycles. The summed E-state index contributed by atoms with van der Waals surface area (Å²) in [4.78, 5) is 11.1. The minimum atomic E-state index is -0.0998. The van der Waals surface area contributed by atoms with Crippen LogP contribution in [0.15, 0.2) is 22.7 Å². The Kier molecular flexibility index (Phi) is 8.11. The molecule has 0 atom stereocenters. The van der Waals surface area contributed by atoms with E-state index < -0.39 is 0 Å². The molecule has 0 amide bonds. The van der Waals surface area contributed by atoms with Gasteiger partial charge in [-0.25, -0.2) is 0 Å². The quantitative estimate of drug-likeness (QED) is 0.543. The first kappa shape index (κ1) is 16.8. The molecule has 0 saturated heterocycles. The van der Waals surface area contributed by atoms with Crippen molar-refractivity contribution in [3.8, 4) is 5.75 Å². The van der Waals surface area contributed by atoms with Crippen molar-refractivity contribution >= 4 is 27.6 Å². The Morgan fingerprint density at radius 2 is 2.05 bits per heavy atom.